The molecule has 0 saturated carbocycles. The quantitative estimate of drug-likeness (QED) is 0.725. The fourth-order valence-electron chi connectivity index (χ4n) is 3.01. The molecule has 1 N–H and O–H groups in total. The first-order valence-corrected chi connectivity index (χ1v) is 9.43. The Labute approximate surface area is 169 Å². The van der Waals surface area contributed by atoms with Crippen molar-refractivity contribution in [3.63, 3.8) is 0 Å². The first kappa shape index (κ1) is 20.4. The molecule has 1 aromatic carbocycles. The van der Waals surface area contributed by atoms with Crippen molar-refractivity contribution in [1.82, 2.24) is 9.97 Å². The maximum Gasteiger partial charge on any atom is 0.319 e. The van der Waals surface area contributed by atoms with Crippen LogP contribution in [0.3, 0.4) is 0 Å². The minimum Gasteiger partial charge on any atom is -0.497 e. The number of ether oxygens (including phenoxy) is 3. The van der Waals surface area contributed by atoms with Crippen molar-refractivity contribution in [3.8, 4) is 17.6 Å². The topological polar surface area (TPSA) is 103 Å². The van der Waals surface area contributed by atoms with Gasteiger partial charge in [-0.25, -0.2) is 4.98 Å². The summed E-state index contributed by atoms with van der Waals surface area (Å²) in [5, 5.41) is 2.77. The number of methoxy groups -OCH3 is 1. The summed E-state index contributed by atoms with van der Waals surface area (Å²) in [7, 11) is 1.58. The van der Waals surface area contributed by atoms with Crippen molar-refractivity contribution in [1.29, 1.82) is 0 Å². The van der Waals surface area contributed by atoms with Gasteiger partial charge in [0, 0.05) is 18.7 Å². The number of hydrogen-bond donors (Lipinski definition) is 1. The second kappa shape index (κ2) is 9.22. The number of benzene rings is 1. The van der Waals surface area contributed by atoms with Crippen LogP contribution in [0.15, 0.2) is 30.5 Å². The number of nitrogens with zero attached hydrogens (tertiary/aromatic N) is 3. The van der Waals surface area contributed by atoms with Crippen LogP contribution in [0.2, 0.25) is 0 Å². The average molecular weight is 400 g/mol. The molecule has 1 aromatic heterocycles. The Hall–Kier alpha value is -3.36. The van der Waals surface area contributed by atoms with Gasteiger partial charge in [0.05, 0.1) is 32.4 Å². The Kier molecular flexibility index (Phi) is 6.48. The Balaban J connectivity index is 1.70. The zero-order valence-corrected chi connectivity index (χ0v) is 16.7. The maximum atomic E-state index is 12.8. The van der Waals surface area contributed by atoms with Gasteiger partial charge >= 0.3 is 6.01 Å². The summed E-state index contributed by atoms with van der Waals surface area (Å²) in [4.78, 5) is 35.0. The SMILES string of the molecule is CCOc1ncc(NC(=O)C2CC(=O)N(c3ccc(OC)cc3)C2)c(OCC)n1. The predicted octanol–water partition coefficient (Wildman–Crippen LogP) is 2.27. The largest absolute Gasteiger partial charge is 0.497 e. The van der Waals surface area contributed by atoms with Crippen molar-refractivity contribution in [2.45, 2.75) is 20.3 Å². The fraction of sp³-hybridized carbons (Fsp3) is 0.400. The third kappa shape index (κ3) is 4.74. The van der Waals surface area contributed by atoms with Gasteiger partial charge in [0.25, 0.3) is 0 Å². The highest BCUT2D eigenvalue weighted by atomic mass is 16.5. The molecule has 9 nitrogen and oxygen atoms in total. The van der Waals surface area contributed by atoms with Crippen LogP contribution < -0.4 is 24.4 Å². The number of carbonyl (C=O) groups is 2. The molecule has 0 aliphatic carbocycles. The molecular formula is C20H24N4O5. The molecule has 3 rings (SSSR count). The minimum atomic E-state index is -0.495. The van der Waals surface area contributed by atoms with Crippen molar-refractivity contribution < 1.29 is 23.8 Å². The summed E-state index contributed by atoms with van der Waals surface area (Å²) < 4.78 is 15.9. The molecule has 1 saturated heterocycles. The van der Waals surface area contributed by atoms with Crippen LogP contribution in [0, 0.1) is 5.92 Å². The molecule has 1 fully saturated rings. The molecule has 29 heavy (non-hydrogen) atoms. The summed E-state index contributed by atoms with van der Waals surface area (Å²) in [6.07, 6.45) is 1.57. The van der Waals surface area contributed by atoms with E-state index >= 15 is 0 Å². The summed E-state index contributed by atoms with van der Waals surface area (Å²) in [5.41, 5.74) is 1.07. The van der Waals surface area contributed by atoms with Crippen LogP contribution in [0.5, 0.6) is 17.6 Å². The number of anilines is 2. The third-order valence-electron chi connectivity index (χ3n) is 4.42. The summed E-state index contributed by atoms with van der Waals surface area (Å²) in [5.74, 6) is 0.0429. The normalized spacial score (nSPS) is 15.9. The van der Waals surface area contributed by atoms with Crippen LogP contribution in [-0.2, 0) is 9.59 Å². The highest BCUT2D eigenvalue weighted by Gasteiger charge is 2.35. The standard InChI is InChI=1S/C20H24N4O5/c1-4-28-19-16(11-21-20(23-19)29-5-2)22-18(26)13-10-17(25)24(12-13)14-6-8-15(27-3)9-7-14/h6-9,11,13H,4-5,10,12H2,1-3H3,(H,22,26). The number of amides is 2. The van der Waals surface area contributed by atoms with Crippen LogP contribution in [0.1, 0.15) is 20.3 Å². The molecule has 0 bridgehead atoms. The monoisotopic (exact) mass is 400 g/mol. The number of hydrogen-bond acceptors (Lipinski definition) is 7. The molecule has 1 atom stereocenters. The number of carbonyl (C=O) groups excluding carboxylic acids is 2. The van der Waals surface area contributed by atoms with Crippen molar-refractivity contribution in [3.05, 3.63) is 30.5 Å². The van der Waals surface area contributed by atoms with Crippen LogP contribution in [0.25, 0.3) is 0 Å². The Bertz CT molecular complexity index is 872. The lowest BCUT2D eigenvalue weighted by atomic mass is 10.1. The van der Waals surface area contributed by atoms with Gasteiger partial charge in [0.2, 0.25) is 17.7 Å². The average Bonchev–Trinajstić information content (AvgIpc) is 3.12. The van der Waals surface area contributed by atoms with Crippen LogP contribution >= 0.6 is 0 Å². The molecule has 0 spiro atoms. The molecular weight excluding hydrogens is 376 g/mol. The second-order valence-corrected chi connectivity index (χ2v) is 6.33. The van der Waals surface area contributed by atoms with Gasteiger partial charge in [0.15, 0.2) is 0 Å². The van der Waals surface area contributed by atoms with Crippen molar-refractivity contribution in [2.75, 3.05) is 37.1 Å². The van der Waals surface area contributed by atoms with Gasteiger partial charge in [-0.3, -0.25) is 9.59 Å². The fourth-order valence-corrected chi connectivity index (χ4v) is 3.01. The second-order valence-electron chi connectivity index (χ2n) is 6.33. The van der Waals surface area contributed by atoms with Gasteiger partial charge in [-0.15, -0.1) is 0 Å². The van der Waals surface area contributed by atoms with Crippen molar-refractivity contribution >= 4 is 23.2 Å². The third-order valence-corrected chi connectivity index (χ3v) is 4.42. The lowest BCUT2D eigenvalue weighted by Crippen LogP contribution is -2.28. The van der Waals surface area contributed by atoms with Gasteiger partial charge in [-0.2, -0.15) is 4.98 Å². The number of nitrogens with one attached hydrogen (secondary N) is 1. The minimum absolute atomic E-state index is 0.108. The highest BCUT2D eigenvalue weighted by Crippen LogP contribution is 2.29. The summed E-state index contributed by atoms with van der Waals surface area (Å²) >= 11 is 0. The Morgan fingerprint density at radius 3 is 2.59 bits per heavy atom. The molecule has 1 unspecified atom stereocenters. The Morgan fingerprint density at radius 1 is 1.21 bits per heavy atom. The van der Waals surface area contributed by atoms with Gasteiger partial charge < -0.3 is 24.4 Å². The maximum absolute atomic E-state index is 12.8. The van der Waals surface area contributed by atoms with E-state index in [1.807, 2.05) is 13.8 Å². The molecule has 2 heterocycles. The summed E-state index contributed by atoms with van der Waals surface area (Å²) in [6, 6.07) is 7.33. The first-order chi connectivity index (χ1) is 14.0. The van der Waals surface area contributed by atoms with Crippen LogP contribution in [0.4, 0.5) is 11.4 Å². The molecule has 1 aliphatic heterocycles. The zero-order valence-electron chi connectivity index (χ0n) is 16.7. The number of aromatic nitrogens is 2. The molecule has 2 amide bonds. The van der Waals surface area contributed by atoms with E-state index < -0.39 is 5.92 Å². The van der Waals surface area contributed by atoms with E-state index in [-0.39, 0.29) is 30.1 Å². The van der Waals surface area contributed by atoms with Gasteiger partial charge in [0.1, 0.15) is 11.4 Å². The summed E-state index contributed by atoms with van der Waals surface area (Å²) in [6.45, 7) is 4.72. The van der Waals surface area contributed by atoms with Crippen LogP contribution in [-0.4, -0.2) is 48.7 Å². The van der Waals surface area contributed by atoms with Gasteiger partial charge in [-0.1, -0.05) is 0 Å². The van der Waals surface area contributed by atoms with Gasteiger partial charge in [-0.05, 0) is 38.1 Å². The zero-order chi connectivity index (χ0) is 20.8. The molecule has 0 radical (unpaired) electrons. The molecule has 2 aromatic rings. The van der Waals surface area contributed by atoms with Crippen molar-refractivity contribution in [2.24, 2.45) is 5.92 Å². The smallest absolute Gasteiger partial charge is 0.319 e. The van der Waals surface area contributed by atoms with E-state index in [0.29, 0.717) is 31.2 Å². The van der Waals surface area contributed by atoms with E-state index in [0.717, 1.165) is 5.69 Å². The Morgan fingerprint density at radius 2 is 1.93 bits per heavy atom. The predicted molar refractivity (Wildman–Crippen MR) is 106 cm³/mol. The van der Waals surface area contributed by atoms with E-state index in [9.17, 15) is 9.59 Å². The first-order valence-electron chi connectivity index (χ1n) is 9.43. The lowest BCUT2D eigenvalue weighted by molar-refractivity contribution is -0.122. The van der Waals surface area contributed by atoms with E-state index in [1.54, 1.807) is 36.3 Å². The number of rotatable bonds is 8. The molecule has 9 heteroatoms. The lowest BCUT2D eigenvalue weighted by Gasteiger charge is -2.17. The highest BCUT2D eigenvalue weighted by molar-refractivity contribution is 6.03. The molecule has 154 valence electrons. The van der Waals surface area contributed by atoms with E-state index in [1.165, 1.54) is 6.20 Å². The molecule has 1 aliphatic rings. The van der Waals surface area contributed by atoms with E-state index in [4.69, 9.17) is 14.2 Å². The van der Waals surface area contributed by atoms with E-state index in [2.05, 4.69) is 15.3 Å².